The predicted molar refractivity (Wildman–Crippen MR) is 87.6 cm³/mol. The zero-order valence-corrected chi connectivity index (χ0v) is 12.4. The maximum Gasteiger partial charge on any atom is 0.252 e. The van der Waals surface area contributed by atoms with Crippen molar-refractivity contribution < 1.29 is 9.52 Å². The van der Waals surface area contributed by atoms with E-state index in [-0.39, 0.29) is 11.9 Å². The van der Waals surface area contributed by atoms with Gasteiger partial charge >= 0.3 is 0 Å². The molecule has 1 N–H and O–H groups in total. The van der Waals surface area contributed by atoms with Gasteiger partial charge < -0.3 is 10.5 Å². The Kier molecular flexibility index (Phi) is 4.34. The van der Waals surface area contributed by atoms with Gasteiger partial charge in [-0.2, -0.15) is 4.73 Å². The highest BCUT2D eigenvalue weighted by molar-refractivity contribution is 5.94. The molecule has 3 rings (SSSR count). The van der Waals surface area contributed by atoms with E-state index in [0.717, 1.165) is 11.1 Å². The molecule has 0 fully saturated rings. The summed E-state index contributed by atoms with van der Waals surface area (Å²) in [5.41, 5.74) is 2.46. The quantitative estimate of drug-likeness (QED) is 0.595. The molecule has 114 valence electrons. The Bertz CT molecular complexity index is 732. The van der Waals surface area contributed by atoms with Crippen molar-refractivity contribution in [3.8, 4) is 0 Å². The van der Waals surface area contributed by atoms with Gasteiger partial charge in [0.15, 0.2) is 12.4 Å². The summed E-state index contributed by atoms with van der Waals surface area (Å²) in [4.78, 5) is 12.5. The maximum absolute atomic E-state index is 12.5. The van der Waals surface area contributed by atoms with Crippen LogP contribution in [0.3, 0.4) is 0 Å². The van der Waals surface area contributed by atoms with E-state index in [1.165, 1.54) is 24.5 Å². The maximum atomic E-state index is 12.5. The molecular formula is C19H16N2O2. The first kappa shape index (κ1) is 14.8. The number of carbonyl (C=O) groups is 1. The van der Waals surface area contributed by atoms with E-state index < -0.39 is 0 Å². The van der Waals surface area contributed by atoms with Crippen LogP contribution in [0.25, 0.3) is 0 Å². The number of hydrogen-bond donors (Lipinski definition) is 1. The fraction of sp³-hybridized carbons (Fsp3) is 0.0526. The number of amides is 1. The van der Waals surface area contributed by atoms with Crippen LogP contribution < -0.4 is 10.0 Å². The summed E-state index contributed by atoms with van der Waals surface area (Å²) >= 11 is 0. The van der Waals surface area contributed by atoms with Crippen molar-refractivity contribution in [2.75, 3.05) is 0 Å². The molecule has 4 nitrogen and oxygen atoms in total. The van der Waals surface area contributed by atoms with E-state index in [1.54, 1.807) is 0 Å². The highest BCUT2D eigenvalue weighted by Gasteiger charge is 2.17. The van der Waals surface area contributed by atoms with Crippen molar-refractivity contribution in [2.24, 2.45) is 0 Å². The predicted octanol–water partition coefficient (Wildman–Crippen LogP) is 2.84. The topological polar surface area (TPSA) is 56.0 Å². The molecule has 0 atom stereocenters. The number of aromatic nitrogens is 1. The van der Waals surface area contributed by atoms with Crippen LogP contribution in [0.4, 0.5) is 0 Å². The largest absolute Gasteiger partial charge is 0.619 e. The van der Waals surface area contributed by atoms with Gasteiger partial charge in [-0.3, -0.25) is 4.79 Å². The molecule has 0 spiro atoms. The Labute approximate surface area is 134 Å². The zero-order chi connectivity index (χ0) is 16.1. The molecule has 0 radical (unpaired) electrons. The molecular weight excluding hydrogens is 288 g/mol. The lowest BCUT2D eigenvalue weighted by Gasteiger charge is -2.19. The van der Waals surface area contributed by atoms with Gasteiger partial charge in [-0.25, -0.2) is 0 Å². The lowest BCUT2D eigenvalue weighted by Crippen LogP contribution is -2.31. The number of rotatable bonds is 4. The number of carbonyl (C=O) groups excluding carboxylic acids is 1. The normalized spacial score (nSPS) is 10.5. The van der Waals surface area contributed by atoms with E-state index >= 15 is 0 Å². The minimum absolute atomic E-state index is 0.219. The first-order chi connectivity index (χ1) is 11.2. The Morgan fingerprint density at radius 3 is 1.78 bits per heavy atom. The van der Waals surface area contributed by atoms with Gasteiger partial charge in [-0.1, -0.05) is 60.7 Å². The molecule has 3 aromatic rings. The minimum atomic E-state index is -0.246. The van der Waals surface area contributed by atoms with Crippen LogP contribution in [0.5, 0.6) is 0 Å². The highest BCUT2D eigenvalue weighted by atomic mass is 16.5. The molecule has 1 amide bonds. The Hall–Kier alpha value is -3.14. The SMILES string of the molecule is O=C(NC(c1ccccc1)c1ccccc1)c1cc[n+]([O-])cc1. The molecule has 23 heavy (non-hydrogen) atoms. The number of pyridine rings is 1. The van der Waals surface area contributed by atoms with E-state index in [2.05, 4.69) is 5.32 Å². The lowest BCUT2D eigenvalue weighted by molar-refractivity contribution is -0.605. The van der Waals surface area contributed by atoms with Crippen molar-refractivity contribution in [1.29, 1.82) is 0 Å². The molecule has 1 heterocycles. The number of benzene rings is 2. The molecule has 0 aliphatic rings. The van der Waals surface area contributed by atoms with Gasteiger partial charge in [0.25, 0.3) is 5.91 Å². The van der Waals surface area contributed by atoms with Crippen molar-refractivity contribution >= 4 is 5.91 Å². The Balaban J connectivity index is 1.90. The van der Waals surface area contributed by atoms with Crippen molar-refractivity contribution in [3.05, 3.63) is 107 Å². The van der Waals surface area contributed by atoms with Crippen LogP contribution in [-0.4, -0.2) is 5.91 Å². The molecule has 0 bridgehead atoms. The van der Waals surface area contributed by atoms with E-state index in [4.69, 9.17) is 0 Å². The van der Waals surface area contributed by atoms with Crippen LogP contribution >= 0.6 is 0 Å². The standard InChI is InChI=1S/C19H16N2O2/c22-19(17-11-13-21(23)14-12-17)20-18(15-7-3-1-4-8-15)16-9-5-2-6-10-16/h1-14,18H,(H,20,22). The minimum Gasteiger partial charge on any atom is -0.619 e. The summed E-state index contributed by atoms with van der Waals surface area (Å²) < 4.78 is 0.655. The fourth-order valence-electron chi connectivity index (χ4n) is 2.43. The number of nitrogens with zero attached hydrogens (tertiary/aromatic N) is 1. The van der Waals surface area contributed by atoms with Gasteiger partial charge in [-0.15, -0.1) is 0 Å². The molecule has 0 saturated carbocycles. The van der Waals surface area contributed by atoms with Gasteiger partial charge in [0.2, 0.25) is 0 Å². The second kappa shape index (κ2) is 6.75. The molecule has 0 unspecified atom stereocenters. The Morgan fingerprint density at radius 2 is 1.30 bits per heavy atom. The first-order valence-electron chi connectivity index (χ1n) is 7.33. The van der Waals surface area contributed by atoms with Crippen molar-refractivity contribution in [3.63, 3.8) is 0 Å². The Morgan fingerprint density at radius 1 is 0.826 bits per heavy atom. The van der Waals surface area contributed by atoms with E-state index in [9.17, 15) is 10.0 Å². The van der Waals surface area contributed by atoms with Gasteiger partial charge in [-0.05, 0) is 11.1 Å². The summed E-state index contributed by atoms with van der Waals surface area (Å²) in [5.74, 6) is -0.219. The lowest BCUT2D eigenvalue weighted by atomic mass is 9.98. The molecule has 0 aliphatic carbocycles. The molecule has 1 aromatic heterocycles. The van der Waals surface area contributed by atoms with Crippen LogP contribution in [0, 0.1) is 5.21 Å². The van der Waals surface area contributed by atoms with E-state index in [1.807, 2.05) is 60.7 Å². The van der Waals surface area contributed by atoms with Crippen LogP contribution in [-0.2, 0) is 0 Å². The van der Waals surface area contributed by atoms with Crippen LogP contribution in [0.1, 0.15) is 27.5 Å². The number of nitrogens with one attached hydrogen (secondary N) is 1. The molecule has 0 saturated heterocycles. The van der Waals surface area contributed by atoms with Gasteiger partial charge in [0, 0.05) is 12.1 Å². The molecule has 0 aliphatic heterocycles. The fourth-order valence-corrected chi connectivity index (χ4v) is 2.43. The summed E-state index contributed by atoms with van der Waals surface area (Å²) in [6.07, 6.45) is 2.63. The van der Waals surface area contributed by atoms with Crippen LogP contribution in [0.15, 0.2) is 85.2 Å². The smallest absolute Gasteiger partial charge is 0.252 e. The van der Waals surface area contributed by atoms with Crippen LogP contribution in [0.2, 0.25) is 0 Å². The summed E-state index contributed by atoms with van der Waals surface area (Å²) in [6, 6.07) is 22.4. The molecule has 2 aromatic carbocycles. The number of hydrogen-bond acceptors (Lipinski definition) is 2. The van der Waals surface area contributed by atoms with Gasteiger partial charge in [0.1, 0.15) is 0 Å². The second-order valence-corrected chi connectivity index (χ2v) is 5.17. The highest BCUT2D eigenvalue weighted by Crippen LogP contribution is 2.22. The van der Waals surface area contributed by atoms with E-state index in [0.29, 0.717) is 10.3 Å². The summed E-state index contributed by atoms with van der Waals surface area (Å²) in [6.45, 7) is 0. The molecule has 4 heteroatoms. The van der Waals surface area contributed by atoms with Gasteiger partial charge in [0.05, 0.1) is 11.6 Å². The average molecular weight is 304 g/mol. The monoisotopic (exact) mass is 304 g/mol. The third-order valence-corrected chi connectivity index (χ3v) is 3.61. The first-order valence-corrected chi connectivity index (χ1v) is 7.33. The summed E-state index contributed by atoms with van der Waals surface area (Å²) in [7, 11) is 0. The summed E-state index contributed by atoms with van der Waals surface area (Å²) in [5, 5.41) is 14.1. The second-order valence-electron chi connectivity index (χ2n) is 5.17. The average Bonchev–Trinajstić information content (AvgIpc) is 2.61. The van der Waals surface area contributed by atoms with Crippen molar-refractivity contribution in [2.45, 2.75) is 6.04 Å². The zero-order valence-electron chi connectivity index (χ0n) is 12.4. The third-order valence-electron chi connectivity index (χ3n) is 3.61. The third kappa shape index (κ3) is 3.55. The van der Waals surface area contributed by atoms with Crippen molar-refractivity contribution in [1.82, 2.24) is 5.32 Å².